The normalized spacial score (nSPS) is 15.6. The number of furan rings is 2. The molecule has 13 aromatic rings. The van der Waals surface area contributed by atoms with E-state index in [4.69, 9.17) is 18.8 Å². The lowest BCUT2D eigenvalue weighted by Crippen LogP contribution is -2.17. The van der Waals surface area contributed by atoms with Crippen molar-refractivity contribution in [3.8, 4) is 5.69 Å². The molecule has 0 bridgehead atoms. The quantitative estimate of drug-likeness (QED) is 0.177. The van der Waals surface area contributed by atoms with Crippen LogP contribution in [-0.2, 0) is 0 Å². The molecule has 10 aromatic carbocycles. The van der Waals surface area contributed by atoms with Gasteiger partial charge < -0.3 is 13.4 Å². The van der Waals surface area contributed by atoms with E-state index < -0.39 is 0 Å². The third-order valence-corrected chi connectivity index (χ3v) is 13.8. The smallest absolute Gasteiger partial charge is 0.160 e. The summed E-state index contributed by atoms with van der Waals surface area (Å²) in [7, 11) is 0. The first-order valence-corrected chi connectivity index (χ1v) is 22.7. The van der Waals surface area contributed by atoms with Crippen LogP contribution < -0.4 is 0 Å². The summed E-state index contributed by atoms with van der Waals surface area (Å²) in [4.78, 5) is 11.4. The molecule has 66 heavy (non-hydrogen) atoms. The van der Waals surface area contributed by atoms with Crippen molar-refractivity contribution >= 4 is 115 Å². The number of rotatable bonds is 4. The Bertz CT molecular complexity index is 4280. The molecule has 4 heterocycles. The number of benzene rings is 10. The van der Waals surface area contributed by atoms with Crippen LogP contribution in [0.5, 0.6) is 0 Å². The monoisotopic (exact) mass is 845 g/mol. The average molecular weight is 846 g/mol. The minimum Gasteiger partial charge on any atom is -0.455 e. The zero-order valence-corrected chi connectivity index (χ0v) is 36.0. The number of allylic oxidation sites excluding steroid dienone is 1. The van der Waals surface area contributed by atoms with Gasteiger partial charge in [-0.2, -0.15) is 0 Å². The van der Waals surface area contributed by atoms with Crippen molar-refractivity contribution < 1.29 is 8.83 Å². The molecule has 1 unspecified atom stereocenters. The fraction of sp³-hybridized carbons (Fsp3) is 0.0492. The van der Waals surface area contributed by atoms with Gasteiger partial charge in [0.15, 0.2) is 11.4 Å². The van der Waals surface area contributed by atoms with Crippen molar-refractivity contribution in [3.05, 3.63) is 217 Å². The van der Waals surface area contributed by atoms with Crippen molar-refractivity contribution in [2.45, 2.75) is 13.3 Å². The van der Waals surface area contributed by atoms with Crippen LogP contribution in [0.4, 0.5) is 0 Å². The zero-order valence-electron chi connectivity index (χ0n) is 36.0. The molecular formula is C61H39N3O2. The van der Waals surface area contributed by atoms with E-state index in [1.165, 1.54) is 43.1 Å². The van der Waals surface area contributed by atoms with Crippen molar-refractivity contribution in [2.75, 3.05) is 0 Å². The topological polar surface area (TPSA) is 55.9 Å². The molecule has 14 rings (SSSR count). The number of hydrogen-bond donors (Lipinski definition) is 0. The Labute approximate surface area is 378 Å². The fourth-order valence-electron chi connectivity index (χ4n) is 10.7. The summed E-state index contributed by atoms with van der Waals surface area (Å²) in [5.41, 5.74) is 11.2. The fourth-order valence-corrected chi connectivity index (χ4v) is 10.7. The summed E-state index contributed by atoms with van der Waals surface area (Å²) in [6, 6.07) is 69.0. The molecule has 1 aliphatic heterocycles. The molecule has 0 N–H and O–H groups in total. The Kier molecular flexibility index (Phi) is 7.96. The predicted octanol–water partition coefficient (Wildman–Crippen LogP) is 16.4. The molecule has 0 aliphatic carbocycles. The number of hydrogen-bond acceptors (Lipinski definition) is 4. The van der Waals surface area contributed by atoms with Crippen LogP contribution in [0, 0.1) is 5.92 Å². The number of aliphatic imine (C=N–C) groups is 2. The van der Waals surface area contributed by atoms with Gasteiger partial charge in [-0.25, -0.2) is 9.98 Å². The van der Waals surface area contributed by atoms with Gasteiger partial charge in [-0.1, -0.05) is 165 Å². The summed E-state index contributed by atoms with van der Waals surface area (Å²) < 4.78 is 16.2. The third kappa shape index (κ3) is 5.47. The van der Waals surface area contributed by atoms with E-state index in [-0.39, 0.29) is 5.92 Å². The summed E-state index contributed by atoms with van der Waals surface area (Å²) in [5.74, 6) is 0.674. The Morgan fingerprint density at radius 1 is 0.455 bits per heavy atom. The lowest BCUT2D eigenvalue weighted by atomic mass is 9.90. The largest absolute Gasteiger partial charge is 0.455 e. The van der Waals surface area contributed by atoms with Crippen LogP contribution in [0.1, 0.15) is 30.0 Å². The maximum atomic E-state index is 7.13. The second kappa shape index (κ2) is 14.2. The van der Waals surface area contributed by atoms with E-state index in [1.807, 2.05) is 18.2 Å². The van der Waals surface area contributed by atoms with Gasteiger partial charge in [0.05, 0.1) is 28.1 Å². The standard InChI is InChI=1S/C61H39N3O2/c1-36-28-32-51(47-25-13-24-46-43-21-8-10-26-54(43)65-59(46)47)62-61(63-57(36)44-23-12-18-37-14-4-6-19-41(37)44)49-31-33-52(60-56(49)48-22-9-11-27-55(48)66-60)64-53-35-40-17-3-2-16-39(40)34-50(53)45-30-29-38-15-5-7-20-42(38)58(45)64/h2-27,29-36H,28H2,1H3/b51-32+,62-61?,63-57?. The number of nitrogens with zero attached hydrogens (tertiary/aromatic N) is 3. The highest BCUT2D eigenvalue weighted by Crippen LogP contribution is 2.44. The lowest BCUT2D eigenvalue weighted by Gasteiger charge is -2.20. The molecule has 0 saturated carbocycles. The van der Waals surface area contributed by atoms with Gasteiger partial charge in [0.25, 0.3) is 0 Å². The minimum atomic E-state index is 0.0581. The number of para-hydroxylation sites is 3. The number of fused-ring (bicyclic) bond motifs is 13. The Morgan fingerprint density at radius 2 is 1.08 bits per heavy atom. The van der Waals surface area contributed by atoms with E-state index in [1.54, 1.807) is 0 Å². The van der Waals surface area contributed by atoms with Crippen molar-refractivity contribution in [3.63, 3.8) is 0 Å². The first kappa shape index (κ1) is 36.9. The second-order valence-electron chi connectivity index (χ2n) is 17.6. The second-order valence-corrected chi connectivity index (χ2v) is 17.6. The van der Waals surface area contributed by atoms with Gasteiger partial charge >= 0.3 is 0 Å². The Balaban J connectivity index is 1.09. The first-order valence-electron chi connectivity index (χ1n) is 22.7. The van der Waals surface area contributed by atoms with Crippen LogP contribution in [0.15, 0.2) is 219 Å². The molecule has 1 aliphatic rings. The van der Waals surface area contributed by atoms with E-state index in [0.717, 1.165) is 95.1 Å². The van der Waals surface area contributed by atoms with Gasteiger partial charge in [-0.05, 0) is 75.8 Å². The van der Waals surface area contributed by atoms with Gasteiger partial charge in [-0.3, -0.25) is 0 Å². The van der Waals surface area contributed by atoms with Gasteiger partial charge in [0.2, 0.25) is 0 Å². The Hall–Kier alpha value is -8.54. The summed E-state index contributed by atoms with van der Waals surface area (Å²) >= 11 is 0. The van der Waals surface area contributed by atoms with Gasteiger partial charge in [0.1, 0.15) is 16.7 Å². The first-order chi connectivity index (χ1) is 32.6. The molecule has 0 saturated heterocycles. The van der Waals surface area contributed by atoms with Crippen LogP contribution in [-0.4, -0.2) is 16.1 Å². The van der Waals surface area contributed by atoms with Gasteiger partial charge in [-0.15, -0.1) is 0 Å². The van der Waals surface area contributed by atoms with E-state index in [2.05, 4.69) is 193 Å². The SMILES string of the molecule is CC1C/C=C(\c2cccc3c2oc2ccccc23)N=C(c2ccc(-n3c4cc5ccccc5cc4c4ccc5ccccc5c43)c3oc4ccccc4c23)N=C1c1cccc2ccccc12. The average Bonchev–Trinajstić information content (AvgIpc) is 4.05. The highest BCUT2D eigenvalue weighted by molar-refractivity contribution is 6.27. The van der Waals surface area contributed by atoms with Crippen LogP contribution in [0.2, 0.25) is 0 Å². The van der Waals surface area contributed by atoms with E-state index >= 15 is 0 Å². The molecule has 3 aromatic heterocycles. The molecule has 5 heteroatoms. The van der Waals surface area contributed by atoms with Crippen molar-refractivity contribution in [2.24, 2.45) is 15.9 Å². The van der Waals surface area contributed by atoms with Crippen LogP contribution >= 0.6 is 0 Å². The molecular weight excluding hydrogens is 807 g/mol. The highest BCUT2D eigenvalue weighted by atomic mass is 16.3. The van der Waals surface area contributed by atoms with E-state index in [9.17, 15) is 0 Å². The van der Waals surface area contributed by atoms with E-state index in [0.29, 0.717) is 5.84 Å². The van der Waals surface area contributed by atoms with Crippen molar-refractivity contribution in [1.82, 2.24) is 4.57 Å². The molecule has 1 atom stereocenters. The number of aromatic nitrogens is 1. The van der Waals surface area contributed by atoms with Gasteiger partial charge in [0, 0.05) is 60.3 Å². The third-order valence-electron chi connectivity index (χ3n) is 13.8. The summed E-state index contributed by atoms with van der Waals surface area (Å²) in [5, 5.41) is 13.6. The molecule has 0 fully saturated rings. The predicted molar refractivity (Wildman–Crippen MR) is 276 cm³/mol. The molecule has 0 amide bonds. The summed E-state index contributed by atoms with van der Waals surface area (Å²) in [6.07, 6.45) is 3.02. The Morgan fingerprint density at radius 3 is 1.91 bits per heavy atom. The molecule has 0 radical (unpaired) electrons. The maximum Gasteiger partial charge on any atom is 0.160 e. The van der Waals surface area contributed by atoms with Crippen molar-refractivity contribution in [1.29, 1.82) is 0 Å². The van der Waals surface area contributed by atoms with Crippen LogP contribution in [0.25, 0.3) is 109 Å². The zero-order chi connectivity index (χ0) is 43.5. The minimum absolute atomic E-state index is 0.0581. The van der Waals surface area contributed by atoms with Crippen LogP contribution in [0.3, 0.4) is 0 Å². The lowest BCUT2D eigenvalue weighted by molar-refractivity contribution is 0.666. The molecule has 5 nitrogen and oxygen atoms in total. The molecule has 0 spiro atoms. The molecule has 310 valence electrons. The number of amidine groups is 1. The summed E-state index contributed by atoms with van der Waals surface area (Å²) in [6.45, 7) is 2.28. The maximum absolute atomic E-state index is 7.13. The highest BCUT2D eigenvalue weighted by Gasteiger charge is 2.26.